The van der Waals surface area contributed by atoms with Gasteiger partial charge in [0.2, 0.25) is 5.91 Å². The molecule has 1 N–H and O–H groups in total. The van der Waals surface area contributed by atoms with Gasteiger partial charge in [0, 0.05) is 39.3 Å². The van der Waals surface area contributed by atoms with Crippen molar-refractivity contribution in [3.63, 3.8) is 0 Å². The van der Waals surface area contributed by atoms with Crippen LogP contribution in [0.1, 0.15) is 6.42 Å². The van der Waals surface area contributed by atoms with Gasteiger partial charge in [0.1, 0.15) is 6.42 Å². The zero-order chi connectivity index (χ0) is 12.8. The summed E-state index contributed by atoms with van der Waals surface area (Å²) in [5.74, 6) is -1.32. The fourth-order valence-corrected chi connectivity index (χ4v) is 1.80. The number of carbonyl (C=O) groups excluding carboxylic acids is 1. The normalized spacial score (nSPS) is 17.5. The number of carbonyl (C=O) groups is 2. The highest BCUT2D eigenvalue weighted by molar-refractivity contribution is 5.93. The topological polar surface area (TPSA) is 64.1 Å². The van der Waals surface area contributed by atoms with Gasteiger partial charge in [-0.1, -0.05) is 0 Å². The molecular formula is C11H21N3O3. The van der Waals surface area contributed by atoms with Gasteiger partial charge in [-0.05, 0) is 14.1 Å². The number of amides is 1. The van der Waals surface area contributed by atoms with Crippen LogP contribution < -0.4 is 0 Å². The van der Waals surface area contributed by atoms with Gasteiger partial charge in [-0.2, -0.15) is 0 Å². The van der Waals surface area contributed by atoms with Gasteiger partial charge in [-0.15, -0.1) is 0 Å². The number of carboxylic acid groups (broad SMARTS) is 1. The Morgan fingerprint density at radius 2 is 1.76 bits per heavy atom. The minimum Gasteiger partial charge on any atom is -0.481 e. The van der Waals surface area contributed by atoms with Gasteiger partial charge in [0.15, 0.2) is 0 Å². The Hall–Kier alpha value is -1.14. The molecule has 0 aromatic carbocycles. The van der Waals surface area contributed by atoms with Gasteiger partial charge < -0.3 is 14.9 Å². The molecule has 0 radical (unpaired) electrons. The SMILES string of the molecule is CN(C)CCN1CCN(C(=O)CC(=O)O)CC1. The number of piperazine rings is 1. The number of hydrogen-bond acceptors (Lipinski definition) is 4. The average Bonchev–Trinajstić information content (AvgIpc) is 2.26. The second kappa shape index (κ2) is 6.56. The van der Waals surface area contributed by atoms with Gasteiger partial charge in [0.05, 0.1) is 0 Å². The number of rotatable bonds is 5. The molecule has 0 spiro atoms. The van der Waals surface area contributed by atoms with Crippen molar-refractivity contribution in [2.24, 2.45) is 0 Å². The molecule has 1 aliphatic heterocycles. The second-order valence-corrected chi connectivity index (χ2v) is 4.60. The molecule has 17 heavy (non-hydrogen) atoms. The van der Waals surface area contributed by atoms with Crippen LogP contribution in [-0.2, 0) is 9.59 Å². The second-order valence-electron chi connectivity index (χ2n) is 4.60. The van der Waals surface area contributed by atoms with E-state index in [4.69, 9.17) is 5.11 Å². The van der Waals surface area contributed by atoms with E-state index in [0.717, 1.165) is 26.2 Å². The van der Waals surface area contributed by atoms with E-state index >= 15 is 0 Å². The molecule has 1 heterocycles. The summed E-state index contributed by atoms with van der Waals surface area (Å²) in [6.07, 6.45) is -0.391. The maximum Gasteiger partial charge on any atom is 0.312 e. The molecule has 0 bridgehead atoms. The Bertz CT molecular complexity index is 273. The van der Waals surface area contributed by atoms with Gasteiger partial charge in [-0.25, -0.2) is 0 Å². The Morgan fingerprint density at radius 1 is 1.18 bits per heavy atom. The van der Waals surface area contributed by atoms with E-state index in [9.17, 15) is 9.59 Å². The maximum absolute atomic E-state index is 11.5. The molecule has 1 amide bonds. The molecule has 0 aliphatic carbocycles. The van der Waals surface area contributed by atoms with Crippen molar-refractivity contribution in [1.82, 2.24) is 14.7 Å². The summed E-state index contributed by atoms with van der Waals surface area (Å²) in [5.41, 5.74) is 0. The largest absolute Gasteiger partial charge is 0.481 e. The lowest BCUT2D eigenvalue weighted by Gasteiger charge is -2.35. The number of likely N-dealkylation sites (N-methyl/N-ethyl adjacent to an activating group) is 1. The molecule has 98 valence electrons. The Kier molecular flexibility index (Phi) is 5.37. The van der Waals surface area contributed by atoms with E-state index in [1.54, 1.807) is 4.90 Å². The van der Waals surface area contributed by atoms with Crippen LogP contribution in [0.3, 0.4) is 0 Å². The van der Waals surface area contributed by atoms with Crippen LogP contribution in [-0.4, -0.2) is 85.0 Å². The summed E-state index contributed by atoms with van der Waals surface area (Å²) < 4.78 is 0. The minimum absolute atomic E-state index is 0.273. The van der Waals surface area contributed by atoms with Crippen LogP contribution in [0.4, 0.5) is 0 Å². The van der Waals surface area contributed by atoms with E-state index in [2.05, 4.69) is 9.80 Å². The quantitative estimate of drug-likeness (QED) is 0.638. The van der Waals surface area contributed by atoms with E-state index < -0.39 is 12.4 Å². The zero-order valence-corrected chi connectivity index (χ0v) is 10.6. The highest BCUT2D eigenvalue weighted by Gasteiger charge is 2.22. The molecule has 0 atom stereocenters. The summed E-state index contributed by atoms with van der Waals surface area (Å²) >= 11 is 0. The highest BCUT2D eigenvalue weighted by Crippen LogP contribution is 2.03. The monoisotopic (exact) mass is 243 g/mol. The Balaban J connectivity index is 2.25. The van der Waals surface area contributed by atoms with Crippen LogP contribution in [0.15, 0.2) is 0 Å². The lowest BCUT2D eigenvalue weighted by Crippen LogP contribution is -2.50. The van der Waals surface area contributed by atoms with E-state index in [-0.39, 0.29) is 5.91 Å². The van der Waals surface area contributed by atoms with E-state index in [1.807, 2.05) is 14.1 Å². The van der Waals surface area contributed by atoms with E-state index in [1.165, 1.54) is 0 Å². The van der Waals surface area contributed by atoms with Gasteiger partial charge in [-0.3, -0.25) is 14.5 Å². The first-order valence-electron chi connectivity index (χ1n) is 5.85. The van der Waals surface area contributed by atoms with Crippen LogP contribution in [0.25, 0.3) is 0 Å². The van der Waals surface area contributed by atoms with Crippen LogP contribution in [0.5, 0.6) is 0 Å². The number of carboxylic acids is 1. The Morgan fingerprint density at radius 3 is 2.24 bits per heavy atom. The first kappa shape index (κ1) is 13.9. The molecular weight excluding hydrogens is 222 g/mol. The number of nitrogens with zero attached hydrogens (tertiary/aromatic N) is 3. The van der Waals surface area contributed by atoms with Crippen molar-refractivity contribution in [2.75, 3.05) is 53.4 Å². The number of hydrogen-bond donors (Lipinski definition) is 1. The average molecular weight is 243 g/mol. The predicted molar refractivity (Wildman–Crippen MR) is 63.8 cm³/mol. The van der Waals surface area contributed by atoms with Crippen LogP contribution >= 0.6 is 0 Å². The molecule has 0 aromatic heterocycles. The molecule has 0 unspecified atom stereocenters. The molecule has 1 fully saturated rings. The smallest absolute Gasteiger partial charge is 0.312 e. The molecule has 1 saturated heterocycles. The maximum atomic E-state index is 11.5. The molecule has 1 rings (SSSR count). The summed E-state index contributed by atoms with van der Waals surface area (Å²) in [6, 6.07) is 0. The fraction of sp³-hybridized carbons (Fsp3) is 0.818. The van der Waals surface area contributed by atoms with Crippen molar-refractivity contribution >= 4 is 11.9 Å². The van der Waals surface area contributed by atoms with Crippen LogP contribution in [0.2, 0.25) is 0 Å². The third-order valence-electron chi connectivity index (χ3n) is 2.89. The standard InChI is InChI=1S/C11H21N3O3/c1-12(2)3-4-13-5-7-14(8-6-13)10(15)9-11(16)17/h3-9H2,1-2H3,(H,16,17). The summed E-state index contributed by atoms with van der Waals surface area (Å²) in [4.78, 5) is 28.0. The summed E-state index contributed by atoms with van der Waals surface area (Å²) in [6.45, 7) is 4.94. The molecule has 0 saturated carbocycles. The van der Waals surface area contributed by atoms with Crippen molar-refractivity contribution in [3.05, 3.63) is 0 Å². The summed E-state index contributed by atoms with van der Waals surface area (Å²) in [5, 5.41) is 8.55. The van der Waals surface area contributed by atoms with Crippen molar-refractivity contribution in [3.8, 4) is 0 Å². The lowest BCUT2D eigenvalue weighted by molar-refractivity contribution is -0.145. The highest BCUT2D eigenvalue weighted by atomic mass is 16.4. The lowest BCUT2D eigenvalue weighted by atomic mass is 10.2. The molecule has 6 nitrogen and oxygen atoms in total. The molecule has 6 heteroatoms. The Labute approximate surface area is 102 Å². The first-order chi connectivity index (χ1) is 7.99. The van der Waals surface area contributed by atoms with Gasteiger partial charge in [0.25, 0.3) is 0 Å². The van der Waals surface area contributed by atoms with Crippen molar-refractivity contribution < 1.29 is 14.7 Å². The minimum atomic E-state index is -1.05. The molecule has 1 aliphatic rings. The predicted octanol–water partition coefficient (Wildman–Crippen LogP) is -0.833. The van der Waals surface area contributed by atoms with E-state index in [0.29, 0.717) is 13.1 Å². The number of aliphatic carboxylic acids is 1. The van der Waals surface area contributed by atoms with Gasteiger partial charge >= 0.3 is 5.97 Å². The third-order valence-corrected chi connectivity index (χ3v) is 2.89. The summed E-state index contributed by atoms with van der Waals surface area (Å²) in [7, 11) is 4.07. The van der Waals surface area contributed by atoms with Crippen molar-refractivity contribution in [2.45, 2.75) is 6.42 Å². The van der Waals surface area contributed by atoms with Crippen molar-refractivity contribution in [1.29, 1.82) is 0 Å². The van der Waals surface area contributed by atoms with Crippen LogP contribution in [0, 0.1) is 0 Å². The first-order valence-corrected chi connectivity index (χ1v) is 5.85. The third kappa shape index (κ3) is 5.14. The zero-order valence-electron chi connectivity index (χ0n) is 10.6. The fourth-order valence-electron chi connectivity index (χ4n) is 1.80. The molecule has 0 aromatic rings.